The molecule has 0 amide bonds. The maximum absolute atomic E-state index is 13.8. The summed E-state index contributed by atoms with van der Waals surface area (Å²) >= 11 is 2.85. The van der Waals surface area contributed by atoms with Gasteiger partial charge in [0.15, 0.2) is 5.82 Å². The highest BCUT2D eigenvalue weighted by Crippen LogP contribution is 2.25. The fourth-order valence-electron chi connectivity index (χ4n) is 1.43. The Morgan fingerprint density at radius 3 is 2.50 bits per heavy atom. The van der Waals surface area contributed by atoms with Crippen LogP contribution in [0.25, 0.3) is 5.69 Å². The zero-order valence-electron chi connectivity index (χ0n) is 8.63. The Hall–Kier alpha value is -1.30. The molecule has 2 aromatic rings. The van der Waals surface area contributed by atoms with E-state index in [1.165, 1.54) is 16.8 Å². The Morgan fingerprint density at radius 1 is 1.25 bits per heavy atom. The minimum absolute atomic E-state index is 0.173. The van der Waals surface area contributed by atoms with Crippen LogP contribution in [0.4, 0.5) is 8.78 Å². The van der Waals surface area contributed by atoms with Gasteiger partial charge in [-0.3, -0.25) is 0 Å². The average Bonchev–Trinajstić information content (AvgIpc) is 2.55. The minimum atomic E-state index is -0.687. The molecule has 0 N–H and O–H groups in total. The van der Waals surface area contributed by atoms with Crippen LogP contribution in [-0.2, 0) is 0 Å². The fourth-order valence-corrected chi connectivity index (χ4v) is 1.76. The first-order chi connectivity index (χ1) is 7.50. The van der Waals surface area contributed by atoms with E-state index in [0.717, 1.165) is 0 Å². The second-order valence-corrected chi connectivity index (χ2v) is 4.11. The second-order valence-electron chi connectivity index (χ2n) is 3.31. The topological polar surface area (TPSA) is 30.7 Å². The van der Waals surface area contributed by atoms with Gasteiger partial charge in [-0.2, -0.15) is 5.10 Å². The molecule has 1 aromatic heterocycles. The van der Waals surface area contributed by atoms with E-state index in [1.54, 1.807) is 13.8 Å². The molecular formula is C10H8BrF2N3. The maximum Gasteiger partial charge on any atom is 0.166 e. The van der Waals surface area contributed by atoms with Gasteiger partial charge in [0.25, 0.3) is 0 Å². The molecule has 3 nitrogen and oxygen atoms in total. The van der Waals surface area contributed by atoms with Crippen molar-refractivity contribution in [2.45, 2.75) is 13.8 Å². The molecule has 16 heavy (non-hydrogen) atoms. The highest BCUT2D eigenvalue weighted by atomic mass is 79.9. The normalized spacial score (nSPS) is 10.8. The molecule has 0 radical (unpaired) electrons. The van der Waals surface area contributed by atoms with Crippen LogP contribution in [0.5, 0.6) is 0 Å². The van der Waals surface area contributed by atoms with Gasteiger partial charge >= 0.3 is 0 Å². The Kier molecular flexibility index (Phi) is 2.75. The molecule has 6 heteroatoms. The van der Waals surface area contributed by atoms with Crippen LogP contribution < -0.4 is 0 Å². The number of nitrogens with zero attached hydrogens (tertiary/aromatic N) is 3. The summed E-state index contributed by atoms with van der Waals surface area (Å²) in [4.78, 5) is 4.06. The number of aryl methyl sites for hydroxylation is 2. The third-order valence-corrected chi connectivity index (χ3v) is 2.84. The van der Waals surface area contributed by atoms with Gasteiger partial charge in [-0.05, 0) is 41.9 Å². The molecule has 0 fully saturated rings. The fraction of sp³-hybridized carbons (Fsp3) is 0.200. The molecule has 0 unspecified atom stereocenters. The first kappa shape index (κ1) is 11.2. The number of hydrogen-bond donors (Lipinski definition) is 0. The Morgan fingerprint density at radius 2 is 1.94 bits per heavy atom. The monoisotopic (exact) mass is 287 g/mol. The molecule has 0 saturated carbocycles. The lowest BCUT2D eigenvalue weighted by molar-refractivity contribution is 0.561. The molecular weight excluding hydrogens is 280 g/mol. The van der Waals surface area contributed by atoms with Gasteiger partial charge < -0.3 is 0 Å². The first-order valence-electron chi connectivity index (χ1n) is 4.55. The van der Waals surface area contributed by atoms with Crippen molar-refractivity contribution in [2.24, 2.45) is 0 Å². The van der Waals surface area contributed by atoms with Gasteiger partial charge in [0.1, 0.15) is 23.2 Å². The SMILES string of the molecule is Cc1nc(C)n(-c2ccc(F)c(Br)c2F)n1. The van der Waals surface area contributed by atoms with E-state index in [1.807, 2.05) is 0 Å². The molecule has 2 rings (SSSR count). The Labute approximate surface area is 99.2 Å². The predicted octanol–water partition coefficient (Wildman–Crippen LogP) is 2.92. The van der Waals surface area contributed by atoms with Crippen molar-refractivity contribution in [1.82, 2.24) is 14.8 Å². The van der Waals surface area contributed by atoms with Crippen molar-refractivity contribution >= 4 is 15.9 Å². The van der Waals surface area contributed by atoms with Crippen molar-refractivity contribution in [3.05, 3.63) is 39.9 Å². The molecule has 0 spiro atoms. The van der Waals surface area contributed by atoms with E-state index >= 15 is 0 Å². The van der Waals surface area contributed by atoms with Crippen LogP contribution in [-0.4, -0.2) is 14.8 Å². The van der Waals surface area contributed by atoms with Crippen molar-refractivity contribution in [3.63, 3.8) is 0 Å². The van der Waals surface area contributed by atoms with E-state index in [4.69, 9.17) is 0 Å². The van der Waals surface area contributed by atoms with Crippen LogP contribution in [0.15, 0.2) is 16.6 Å². The Balaban J connectivity index is 2.65. The van der Waals surface area contributed by atoms with Crippen molar-refractivity contribution in [1.29, 1.82) is 0 Å². The van der Waals surface area contributed by atoms with Gasteiger partial charge in [0.05, 0.1) is 4.47 Å². The third kappa shape index (κ3) is 1.73. The van der Waals surface area contributed by atoms with E-state index in [2.05, 4.69) is 26.0 Å². The molecule has 0 atom stereocenters. The average molecular weight is 288 g/mol. The van der Waals surface area contributed by atoms with Crippen LogP contribution in [0.3, 0.4) is 0 Å². The lowest BCUT2D eigenvalue weighted by Crippen LogP contribution is -2.03. The summed E-state index contributed by atoms with van der Waals surface area (Å²) in [6.07, 6.45) is 0. The van der Waals surface area contributed by atoms with Crippen molar-refractivity contribution in [3.8, 4) is 5.69 Å². The standard InChI is InChI=1S/C10H8BrF2N3/c1-5-14-6(2)16(15-5)8-4-3-7(12)9(11)10(8)13/h3-4H,1-2H3. The summed E-state index contributed by atoms with van der Waals surface area (Å²) in [7, 11) is 0. The Bertz CT molecular complexity index is 551. The largest absolute Gasteiger partial charge is 0.217 e. The number of halogens is 3. The molecule has 0 bridgehead atoms. The van der Waals surface area contributed by atoms with Crippen LogP contribution in [0, 0.1) is 25.5 Å². The zero-order chi connectivity index (χ0) is 11.9. The summed E-state index contributed by atoms with van der Waals surface area (Å²) in [6, 6.07) is 2.51. The molecule has 1 heterocycles. The van der Waals surface area contributed by atoms with Gasteiger partial charge in [-0.15, -0.1) is 0 Å². The molecule has 0 aliphatic carbocycles. The van der Waals surface area contributed by atoms with Gasteiger partial charge in [0.2, 0.25) is 0 Å². The quantitative estimate of drug-likeness (QED) is 0.755. The number of aromatic nitrogens is 3. The van der Waals surface area contributed by atoms with Crippen LogP contribution in [0.2, 0.25) is 0 Å². The van der Waals surface area contributed by atoms with Gasteiger partial charge in [0, 0.05) is 0 Å². The summed E-state index contributed by atoms with van der Waals surface area (Å²) in [5.41, 5.74) is 0.173. The van der Waals surface area contributed by atoms with Crippen molar-refractivity contribution in [2.75, 3.05) is 0 Å². The number of rotatable bonds is 1. The van der Waals surface area contributed by atoms with Crippen LogP contribution >= 0.6 is 15.9 Å². The third-order valence-electron chi connectivity index (χ3n) is 2.12. The molecule has 0 saturated heterocycles. The lowest BCUT2D eigenvalue weighted by atomic mass is 10.3. The van der Waals surface area contributed by atoms with Crippen LogP contribution in [0.1, 0.15) is 11.6 Å². The number of benzene rings is 1. The highest BCUT2D eigenvalue weighted by molar-refractivity contribution is 9.10. The van der Waals surface area contributed by atoms with Gasteiger partial charge in [-0.1, -0.05) is 0 Å². The van der Waals surface area contributed by atoms with Gasteiger partial charge in [-0.25, -0.2) is 18.4 Å². The summed E-state index contributed by atoms with van der Waals surface area (Å²) in [5, 5.41) is 4.03. The lowest BCUT2D eigenvalue weighted by Gasteiger charge is -2.06. The predicted molar refractivity (Wildman–Crippen MR) is 58.4 cm³/mol. The number of hydrogen-bond acceptors (Lipinski definition) is 2. The second kappa shape index (κ2) is 3.93. The molecule has 1 aromatic carbocycles. The smallest absolute Gasteiger partial charge is 0.166 e. The molecule has 0 aliphatic heterocycles. The van der Waals surface area contributed by atoms with Crippen molar-refractivity contribution < 1.29 is 8.78 Å². The summed E-state index contributed by atoms with van der Waals surface area (Å²) in [6.45, 7) is 3.41. The van der Waals surface area contributed by atoms with E-state index < -0.39 is 11.6 Å². The highest BCUT2D eigenvalue weighted by Gasteiger charge is 2.15. The molecule has 84 valence electrons. The first-order valence-corrected chi connectivity index (χ1v) is 5.34. The van der Waals surface area contributed by atoms with E-state index in [-0.39, 0.29) is 10.2 Å². The summed E-state index contributed by atoms with van der Waals surface area (Å²) in [5.74, 6) is -0.240. The zero-order valence-corrected chi connectivity index (χ0v) is 10.2. The van der Waals surface area contributed by atoms with E-state index in [0.29, 0.717) is 11.6 Å². The summed E-state index contributed by atoms with van der Waals surface area (Å²) < 4.78 is 28.0. The molecule has 0 aliphatic rings. The minimum Gasteiger partial charge on any atom is -0.217 e. The maximum atomic E-state index is 13.8. The van der Waals surface area contributed by atoms with E-state index in [9.17, 15) is 8.78 Å².